The summed E-state index contributed by atoms with van der Waals surface area (Å²) in [6.45, 7) is 4.30. The number of rotatable bonds is 4. The third-order valence-corrected chi connectivity index (χ3v) is 4.47. The second kappa shape index (κ2) is 5.79. The van der Waals surface area contributed by atoms with Crippen molar-refractivity contribution in [3.63, 3.8) is 0 Å². The molecular weight excluding hydrogens is 272 g/mol. The van der Waals surface area contributed by atoms with E-state index in [1.165, 1.54) is 0 Å². The average molecular weight is 292 g/mol. The fourth-order valence-electron chi connectivity index (χ4n) is 2.26. The van der Waals surface area contributed by atoms with Crippen LogP contribution in [0.5, 0.6) is 5.75 Å². The first-order valence-electron chi connectivity index (χ1n) is 6.81. The Bertz CT molecular complexity index is 532. The Morgan fingerprint density at radius 3 is 2.90 bits per heavy atom. The monoisotopic (exact) mass is 292 g/mol. The number of ether oxygens (including phenoxy) is 1. The first kappa shape index (κ1) is 14.8. The minimum Gasteiger partial charge on any atom is -0.493 e. The minimum absolute atomic E-state index is 0.0484. The highest BCUT2D eigenvalue weighted by atomic mass is 32.1. The van der Waals surface area contributed by atoms with Gasteiger partial charge in [-0.1, -0.05) is 37.3 Å². The number of benzene rings is 1. The summed E-state index contributed by atoms with van der Waals surface area (Å²) < 4.78 is 5.59. The quantitative estimate of drug-likeness (QED) is 0.836. The van der Waals surface area contributed by atoms with Crippen molar-refractivity contribution in [1.82, 2.24) is 5.32 Å². The van der Waals surface area contributed by atoms with Crippen LogP contribution in [-0.2, 0) is 4.79 Å². The molecule has 3 N–H and O–H groups in total. The highest BCUT2D eigenvalue weighted by molar-refractivity contribution is 7.80. The maximum atomic E-state index is 12.5. The van der Waals surface area contributed by atoms with E-state index in [9.17, 15) is 4.79 Å². The summed E-state index contributed by atoms with van der Waals surface area (Å²) in [5, 5.41) is 3.06. The van der Waals surface area contributed by atoms with E-state index in [0.29, 0.717) is 13.0 Å². The van der Waals surface area contributed by atoms with Crippen LogP contribution >= 0.6 is 12.2 Å². The van der Waals surface area contributed by atoms with Gasteiger partial charge in [0.15, 0.2) is 0 Å². The van der Waals surface area contributed by atoms with Crippen LogP contribution in [0.2, 0.25) is 0 Å². The van der Waals surface area contributed by atoms with E-state index in [-0.39, 0.29) is 16.9 Å². The number of fused-ring (bicyclic) bond motifs is 1. The number of thiocarbonyl (C=S) groups is 1. The summed E-state index contributed by atoms with van der Waals surface area (Å²) in [6.07, 6.45) is 1.33. The molecular formula is C15H20N2O2S. The van der Waals surface area contributed by atoms with E-state index in [2.05, 4.69) is 5.32 Å². The molecule has 1 aliphatic heterocycles. The summed E-state index contributed by atoms with van der Waals surface area (Å²) in [5.74, 6) is 0.715. The van der Waals surface area contributed by atoms with Crippen molar-refractivity contribution in [3.05, 3.63) is 29.8 Å². The third kappa shape index (κ3) is 2.63. The minimum atomic E-state index is -0.803. The van der Waals surface area contributed by atoms with Crippen molar-refractivity contribution in [2.75, 3.05) is 6.61 Å². The smallest absolute Gasteiger partial charge is 0.233 e. The number of amides is 1. The molecule has 2 rings (SSSR count). The van der Waals surface area contributed by atoms with Crippen molar-refractivity contribution < 1.29 is 9.53 Å². The molecule has 0 aliphatic carbocycles. The average Bonchev–Trinajstić information content (AvgIpc) is 2.46. The molecule has 0 saturated heterocycles. The van der Waals surface area contributed by atoms with E-state index < -0.39 is 5.41 Å². The lowest BCUT2D eigenvalue weighted by Crippen LogP contribution is -2.48. The normalized spacial score (nSPS) is 20.2. The molecule has 1 amide bonds. The number of nitrogens with one attached hydrogen (secondary N) is 1. The van der Waals surface area contributed by atoms with Gasteiger partial charge in [-0.15, -0.1) is 0 Å². The van der Waals surface area contributed by atoms with Crippen molar-refractivity contribution >= 4 is 23.1 Å². The van der Waals surface area contributed by atoms with Crippen molar-refractivity contribution in [1.29, 1.82) is 0 Å². The number of carbonyl (C=O) groups excluding carboxylic acids is 1. The van der Waals surface area contributed by atoms with Gasteiger partial charge in [-0.25, -0.2) is 0 Å². The summed E-state index contributed by atoms with van der Waals surface area (Å²) in [4.78, 5) is 12.7. The molecule has 1 aromatic rings. The summed E-state index contributed by atoms with van der Waals surface area (Å²) >= 11 is 5.04. The second-order valence-electron chi connectivity index (χ2n) is 5.25. The summed E-state index contributed by atoms with van der Waals surface area (Å²) in [5.41, 5.74) is 5.93. The molecule has 108 valence electrons. The number of hydrogen-bond acceptors (Lipinski definition) is 3. The second-order valence-corrected chi connectivity index (χ2v) is 5.69. The Hall–Kier alpha value is -1.62. The molecule has 2 unspecified atom stereocenters. The molecule has 0 bridgehead atoms. The van der Waals surface area contributed by atoms with Gasteiger partial charge in [0.05, 0.1) is 23.1 Å². The van der Waals surface area contributed by atoms with Crippen LogP contribution in [0.25, 0.3) is 0 Å². The predicted molar refractivity (Wildman–Crippen MR) is 82.6 cm³/mol. The lowest BCUT2D eigenvalue weighted by atomic mass is 9.85. The van der Waals surface area contributed by atoms with E-state index in [0.717, 1.165) is 17.7 Å². The van der Waals surface area contributed by atoms with Crippen LogP contribution in [0, 0.1) is 5.41 Å². The lowest BCUT2D eigenvalue weighted by Gasteiger charge is -2.31. The Kier molecular flexibility index (Phi) is 4.28. The number of hydrogen-bond donors (Lipinski definition) is 2. The first-order valence-corrected chi connectivity index (χ1v) is 7.22. The molecule has 0 spiro atoms. The third-order valence-electron chi connectivity index (χ3n) is 4.02. The van der Waals surface area contributed by atoms with Crippen LogP contribution in [0.1, 0.15) is 38.3 Å². The SMILES string of the molecule is CCC(C)(C(=O)NC1CCOc2ccccc21)C(N)=S. The highest BCUT2D eigenvalue weighted by Crippen LogP contribution is 2.33. The molecule has 5 heteroatoms. The fraction of sp³-hybridized carbons (Fsp3) is 0.467. The van der Waals surface area contributed by atoms with Gasteiger partial charge in [0.25, 0.3) is 0 Å². The Balaban J connectivity index is 2.19. The van der Waals surface area contributed by atoms with Gasteiger partial charge in [-0.2, -0.15) is 0 Å². The zero-order valence-corrected chi connectivity index (χ0v) is 12.6. The maximum absolute atomic E-state index is 12.5. The van der Waals surface area contributed by atoms with Crippen LogP contribution in [0.3, 0.4) is 0 Å². The first-order chi connectivity index (χ1) is 9.49. The molecule has 0 aromatic heterocycles. The van der Waals surface area contributed by atoms with Gasteiger partial charge < -0.3 is 15.8 Å². The van der Waals surface area contributed by atoms with Crippen molar-refractivity contribution in [3.8, 4) is 5.75 Å². The topological polar surface area (TPSA) is 64.3 Å². The van der Waals surface area contributed by atoms with E-state index >= 15 is 0 Å². The van der Waals surface area contributed by atoms with Crippen molar-refractivity contribution in [2.45, 2.75) is 32.7 Å². The van der Waals surface area contributed by atoms with E-state index in [1.807, 2.05) is 31.2 Å². The van der Waals surface area contributed by atoms with E-state index in [4.69, 9.17) is 22.7 Å². The molecule has 2 atom stereocenters. The molecule has 1 aromatic carbocycles. The van der Waals surface area contributed by atoms with Crippen LogP contribution < -0.4 is 15.8 Å². The van der Waals surface area contributed by atoms with E-state index in [1.54, 1.807) is 6.92 Å². The molecule has 0 radical (unpaired) electrons. The highest BCUT2D eigenvalue weighted by Gasteiger charge is 2.36. The molecule has 1 heterocycles. The van der Waals surface area contributed by atoms with Gasteiger partial charge in [-0.3, -0.25) is 4.79 Å². The van der Waals surface area contributed by atoms with Gasteiger partial charge in [-0.05, 0) is 19.4 Å². The van der Waals surface area contributed by atoms with Crippen molar-refractivity contribution in [2.24, 2.45) is 11.1 Å². The molecule has 1 aliphatic rings. The van der Waals surface area contributed by atoms with Gasteiger partial charge >= 0.3 is 0 Å². The number of nitrogens with two attached hydrogens (primary N) is 1. The largest absolute Gasteiger partial charge is 0.493 e. The number of carbonyl (C=O) groups is 1. The molecule has 0 fully saturated rings. The molecule has 20 heavy (non-hydrogen) atoms. The van der Waals surface area contributed by atoms with Crippen LogP contribution in [0.15, 0.2) is 24.3 Å². The fourth-order valence-corrected chi connectivity index (χ4v) is 2.49. The lowest BCUT2D eigenvalue weighted by molar-refractivity contribution is -0.128. The number of para-hydroxylation sites is 1. The van der Waals surface area contributed by atoms with Crippen LogP contribution in [0.4, 0.5) is 0 Å². The standard InChI is InChI=1S/C15H20N2O2S/c1-3-15(2,13(16)20)14(18)17-11-8-9-19-12-7-5-4-6-10(11)12/h4-7,11H,3,8-9H2,1-2H3,(H2,16,20)(H,17,18). The summed E-state index contributed by atoms with van der Waals surface area (Å²) in [7, 11) is 0. The Labute approximate surface area is 124 Å². The molecule has 0 saturated carbocycles. The predicted octanol–water partition coefficient (Wildman–Crippen LogP) is 2.33. The van der Waals surface area contributed by atoms with Gasteiger partial charge in [0.2, 0.25) is 5.91 Å². The zero-order valence-electron chi connectivity index (χ0n) is 11.8. The Morgan fingerprint density at radius 1 is 1.55 bits per heavy atom. The maximum Gasteiger partial charge on any atom is 0.233 e. The Morgan fingerprint density at radius 2 is 2.25 bits per heavy atom. The zero-order chi connectivity index (χ0) is 14.8. The molecule has 4 nitrogen and oxygen atoms in total. The summed E-state index contributed by atoms with van der Waals surface area (Å²) in [6, 6.07) is 7.71. The van der Waals surface area contributed by atoms with Gasteiger partial charge in [0.1, 0.15) is 5.75 Å². The van der Waals surface area contributed by atoms with Gasteiger partial charge in [0, 0.05) is 12.0 Å². The van der Waals surface area contributed by atoms with Crippen LogP contribution in [-0.4, -0.2) is 17.5 Å².